The molecular formula is C23H23FN6O2. The Balaban J connectivity index is 1.81. The number of nitrogens with zero attached hydrogens (tertiary/aromatic N) is 5. The standard InChI is InChI=1S/C23H23FN6O2/c1-13-5-6-16(19(24)9-13)12-30(29(4)14(2)31)23(32)15-7-8-20-17(10-15)21-18(22(25)27-20)11-26-28(21)3/h5-11H,12H2,1-4H3,(H2,25,27). The third-order valence-electron chi connectivity index (χ3n) is 5.54. The molecule has 2 heterocycles. The lowest BCUT2D eigenvalue weighted by Crippen LogP contribution is -2.46. The van der Waals surface area contributed by atoms with Crippen molar-refractivity contribution >= 4 is 39.4 Å². The molecule has 9 heteroatoms. The van der Waals surface area contributed by atoms with Crippen LogP contribution in [0, 0.1) is 12.7 Å². The highest BCUT2D eigenvalue weighted by Gasteiger charge is 2.24. The summed E-state index contributed by atoms with van der Waals surface area (Å²) in [6.07, 6.45) is 1.63. The number of fused-ring (bicyclic) bond motifs is 3. The third kappa shape index (κ3) is 3.62. The highest BCUT2D eigenvalue weighted by molar-refractivity contribution is 6.10. The number of nitrogens with two attached hydrogens (primary N) is 1. The zero-order valence-corrected chi connectivity index (χ0v) is 18.3. The average molecular weight is 434 g/mol. The summed E-state index contributed by atoms with van der Waals surface area (Å²) < 4.78 is 16.2. The van der Waals surface area contributed by atoms with Gasteiger partial charge in [0.05, 0.1) is 29.2 Å². The van der Waals surface area contributed by atoms with Crippen LogP contribution in [0.5, 0.6) is 0 Å². The van der Waals surface area contributed by atoms with E-state index in [-0.39, 0.29) is 12.5 Å². The summed E-state index contributed by atoms with van der Waals surface area (Å²) >= 11 is 0. The molecule has 32 heavy (non-hydrogen) atoms. The van der Waals surface area contributed by atoms with Crippen molar-refractivity contribution in [2.45, 2.75) is 20.4 Å². The van der Waals surface area contributed by atoms with Crippen LogP contribution in [0.15, 0.2) is 42.6 Å². The predicted molar refractivity (Wildman–Crippen MR) is 120 cm³/mol. The molecule has 0 saturated carbocycles. The molecule has 4 rings (SSSR count). The SMILES string of the molecule is CC(=O)N(C)N(Cc1ccc(C)cc1F)C(=O)c1ccc2nc(N)c3cnn(C)c3c2c1. The van der Waals surface area contributed by atoms with E-state index in [9.17, 15) is 14.0 Å². The number of pyridine rings is 1. The average Bonchev–Trinajstić information content (AvgIpc) is 3.14. The number of halogens is 1. The highest BCUT2D eigenvalue weighted by atomic mass is 19.1. The van der Waals surface area contributed by atoms with Crippen LogP contribution < -0.4 is 5.73 Å². The molecule has 4 aromatic rings. The number of amides is 2. The minimum Gasteiger partial charge on any atom is -0.383 e. The van der Waals surface area contributed by atoms with Crippen LogP contribution in [0.3, 0.4) is 0 Å². The van der Waals surface area contributed by atoms with E-state index in [1.807, 2.05) is 0 Å². The van der Waals surface area contributed by atoms with Crippen molar-refractivity contribution in [1.82, 2.24) is 24.8 Å². The first-order valence-electron chi connectivity index (χ1n) is 9.99. The topological polar surface area (TPSA) is 97.3 Å². The van der Waals surface area contributed by atoms with Crippen molar-refractivity contribution in [1.29, 1.82) is 0 Å². The molecule has 2 aromatic carbocycles. The molecular weight excluding hydrogens is 411 g/mol. The second-order valence-corrected chi connectivity index (χ2v) is 7.76. The number of carbonyl (C=O) groups excluding carboxylic acids is 2. The highest BCUT2D eigenvalue weighted by Crippen LogP contribution is 2.28. The van der Waals surface area contributed by atoms with E-state index in [1.54, 1.807) is 55.2 Å². The molecule has 0 atom stereocenters. The molecule has 164 valence electrons. The second-order valence-electron chi connectivity index (χ2n) is 7.76. The third-order valence-corrected chi connectivity index (χ3v) is 5.54. The largest absolute Gasteiger partial charge is 0.383 e. The van der Waals surface area contributed by atoms with Gasteiger partial charge in [0.25, 0.3) is 5.91 Å². The molecule has 0 saturated heterocycles. The van der Waals surface area contributed by atoms with Crippen LogP contribution >= 0.6 is 0 Å². The van der Waals surface area contributed by atoms with Gasteiger partial charge in [0.1, 0.15) is 11.6 Å². The Labute approximate surface area is 184 Å². The smallest absolute Gasteiger partial charge is 0.272 e. The lowest BCUT2D eigenvalue weighted by atomic mass is 10.1. The van der Waals surface area contributed by atoms with Crippen LogP contribution in [0.1, 0.15) is 28.4 Å². The predicted octanol–water partition coefficient (Wildman–Crippen LogP) is 3.19. The summed E-state index contributed by atoms with van der Waals surface area (Å²) in [6, 6.07) is 9.79. The molecule has 0 aliphatic heterocycles. The monoisotopic (exact) mass is 434 g/mol. The first-order chi connectivity index (χ1) is 15.2. The Bertz CT molecular complexity index is 1380. The number of aryl methyl sites for hydroxylation is 2. The minimum atomic E-state index is -0.447. The van der Waals surface area contributed by atoms with Gasteiger partial charge in [-0.1, -0.05) is 12.1 Å². The summed E-state index contributed by atoms with van der Waals surface area (Å²) in [5.74, 6) is -0.881. The van der Waals surface area contributed by atoms with Crippen molar-refractivity contribution < 1.29 is 14.0 Å². The Morgan fingerprint density at radius 2 is 1.91 bits per heavy atom. The van der Waals surface area contributed by atoms with Crippen molar-refractivity contribution in [3.8, 4) is 0 Å². The van der Waals surface area contributed by atoms with Gasteiger partial charge in [0, 0.05) is 37.5 Å². The first kappa shape index (κ1) is 21.2. The molecule has 0 aliphatic carbocycles. The fourth-order valence-electron chi connectivity index (χ4n) is 3.67. The molecule has 0 fully saturated rings. The zero-order chi connectivity index (χ0) is 23.2. The Morgan fingerprint density at radius 1 is 1.16 bits per heavy atom. The van der Waals surface area contributed by atoms with Crippen molar-refractivity contribution in [2.75, 3.05) is 12.8 Å². The summed E-state index contributed by atoms with van der Waals surface area (Å²) in [6.45, 7) is 3.03. The molecule has 2 N–H and O–H groups in total. The van der Waals surface area contributed by atoms with E-state index in [0.29, 0.717) is 33.2 Å². The van der Waals surface area contributed by atoms with Crippen LogP contribution in [-0.4, -0.2) is 43.6 Å². The van der Waals surface area contributed by atoms with Crippen LogP contribution in [0.2, 0.25) is 0 Å². The van der Waals surface area contributed by atoms with E-state index in [1.165, 1.54) is 30.1 Å². The van der Waals surface area contributed by atoms with Gasteiger partial charge in [-0.25, -0.2) is 14.4 Å². The molecule has 0 radical (unpaired) electrons. The maximum Gasteiger partial charge on any atom is 0.272 e. The molecule has 0 bridgehead atoms. The number of hydrogen-bond acceptors (Lipinski definition) is 5. The number of aromatic nitrogens is 3. The molecule has 8 nitrogen and oxygen atoms in total. The number of carbonyl (C=O) groups is 2. The first-order valence-corrected chi connectivity index (χ1v) is 9.99. The fraction of sp³-hybridized carbons (Fsp3) is 0.217. The molecule has 2 aromatic heterocycles. The number of anilines is 1. The van der Waals surface area contributed by atoms with E-state index >= 15 is 0 Å². The van der Waals surface area contributed by atoms with Gasteiger partial charge in [-0.3, -0.25) is 19.3 Å². The van der Waals surface area contributed by atoms with Crippen LogP contribution in [-0.2, 0) is 18.4 Å². The van der Waals surface area contributed by atoms with E-state index in [4.69, 9.17) is 5.73 Å². The lowest BCUT2D eigenvalue weighted by molar-refractivity contribution is -0.140. The van der Waals surface area contributed by atoms with Crippen LogP contribution in [0.4, 0.5) is 10.2 Å². The summed E-state index contributed by atoms with van der Waals surface area (Å²) in [7, 11) is 3.26. The van der Waals surface area contributed by atoms with Gasteiger partial charge in [0.15, 0.2) is 0 Å². The van der Waals surface area contributed by atoms with Crippen molar-refractivity contribution in [3.63, 3.8) is 0 Å². The van der Waals surface area contributed by atoms with Crippen molar-refractivity contribution in [2.24, 2.45) is 7.05 Å². The van der Waals surface area contributed by atoms with Gasteiger partial charge in [-0.2, -0.15) is 5.10 Å². The molecule has 2 amide bonds. The van der Waals surface area contributed by atoms with Gasteiger partial charge in [-0.15, -0.1) is 0 Å². The lowest BCUT2D eigenvalue weighted by Gasteiger charge is -2.31. The van der Waals surface area contributed by atoms with Gasteiger partial charge in [-0.05, 0) is 36.8 Å². The summed E-state index contributed by atoms with van der Waals surface area (Å²) in [5, 5.41) is 8.04. The number of hydrazine groups is 1. The number of nitrogen functional groups attached to an aromatic ring is 1. The van der Waals surface area contributed by atoms with Gasteiger partial charge < -0.3 is 5.73 Å². The number of rotatable bonds is 3. The quantitative estimate of drug-likeness (QED) is 0.500. The number of benzene rings is 2. The maximum atomic E-state index is 14.5. The normalized spacial score (nSPS) is 11.2. The zero-order valence-electron chi connectivity index (χ0n) is 18.3. The summed E-state index contributed by atoms with van der Waals surface area (Å²) in [5.41, 5.74) is 8.81. The van der Waals surface area contributed by atoms with E-state index < -0.39 is 11.7 Å². The maximum absolute atomic E-state index is 14.5. The van der Waals surface area contributed by atoms with E-state index in [2.05, 4.69) is 10.1 Å². The van der Waals surface area contributed by atoms with Crippen molar-refractivity contribution in [3.05, 3.63) is 65.1 Å². The fourth-order valence-corrected chi connectivity index (χ4v) is 3.67. The Kier molecular flexibility index (Phi) is 5.25. The Hall–Kier alpha value is -4.01. The van der Waals surface area contributed by atoms with Crippen LogP contribution in [0.25, 0.3) is 21.8 Å². The van der Waals surface area contributed by atoms with Gasteiger partial charge in [0.2, 0.25) is 5.91 Å². The van der Waals surface area contributed by atoms with Gasteiger partial charge >= 0.3 is 0 Å². The molecule has 0 aliphatic rings. The number of hydrogen-bond donors (Lipinski definition) is 1. The summed E-state index contributed by atoms with van der Waals surface area (Å²) in [4.78, 5) is 30.0. The second kappa shape index (κ2) is 7.92. The minimum absolute atomic E-state index is 0.0971. The molecule has 0 spiro atoms. The molecule has 0 unspecified atom stereocenters. The Morgan fingerprint density at radius 3 is 2.59 bits per heavy atom. The van der Waals surface area contributed by atoms with E-state index in [0.717, 1.165) is 11.1 Å².